The Morgan fingerprint density at radius 2 is 1.71 bits per heavy atom. The van der Waals surface area contributed by atoms with Gasteiger partial charge in [-0.15, -0.1) is 0 Å². The number of amides is 2. The summed E-state index contributed by atoms with van der Waals surface area (Å²) in [5.74, 6) is -0.0139. The molecule has 2 amide bonds. The first-order chi connectivity index (χ1) is 15.2. The average Bonchev–Trinajstić information content (AvgIpc) is 3.36. The van der Waals surface area contributed by atoms with Gasteiger partial charge >= 0.3 is 0 Å². The van der Waals surface area contributed by atoms with Crippen molar-refractivity contribution in [2.75, 3.05) is 6.54 Å². The van der Waals surface area contributed by atoms with Gasteiger partial charge in [0.15, 0.2) is 0 Å². The number of rotatable bonds is 4. The zero-order valence-electron chi connectivity index (χ0n) is 17.1. The molecular formula is C25H24N4O2. The Morgan fingerprint density at radius 3 is 2.48 bits per heavy atom. The molecule has 2 fully saturated rings. The van der Waals surface area contributed by atoms with E-state index >= 15 is 0 Å². The van der Waals surface area contributed by atoms with Crippen molar-refractivity contribution < 1.29 is 9.59 Å². The van der Waals surface area contributed by atoms with Gasteiger partial charge in [-0.2, -0.15) is 5.10 Å². The van der Waals surface area contributed by atoms with Crippen LogP contribution in [0.25, 0.3) is 23.0 Å². The molecule has 1 N–H and O–H groups in total. The Hall–Kier alpha value is -3.67. The number of nitrogens with one attached hydrogen (secondary N) is 1. The van der Waals surface area contributed by atoms with Gasteiger partial charge in [-0.05, 0) is 31.1 Å². The van der Waals surface area contributed by atoms with E-state index in [1.807, 2.05) is 82.5 Å². The molecule has 0 aliphatic carbocycles. The van der Waals surface area contributed by atoms with E-state index in [-0.39, 0.29) is 23.9 Å². The van der Waals surface area contributed by atoms with Gasteiger partial charge in [0, 0.05) is 48.4 Å². The average molecular weight is 412 g/mol. The van der Waals surface area contributed by atoms with E-state index < -0.39 is 0 Å². The van der Waals surface area contributed by atoms with Crippen LogP contribution in [0.3, 0.4) is 0 Å². The Balaban J connectivity index is 1.47. The molecule has 0 radical (unpaired) electrons. The van der Waals surface area contributed by atoms with Crippen LogP contribution in [0.5, 0.6) is 0 Å². The molecule has 2 atom stereocenters. The van der Waals surface area contributed by atoms with Crippen LogP contribution in [-0.4, -0.2) is 45.1 Å². The molecule has 5 rings (SSSR count). The van der Waals surface area contributed by atoms with Crippen molar-refractivity contribution in [3.8, 4) is 16.9 Å². The minimum Gasteiger partial charge on any atom is -0.354 e. The summed E-state index contributed by atoms with van der Waals surface area (Å²) < 4.78 is 1.84. The first-order valence-electron chi connectivity index (χ1n) is 10.7. The third-order valence-corrected chi connectivity index (χ3v) is 6.05. The molecule has 2 aliphatic heterocycles. The molecule has 0 spiro atoms. The van der Waals surface area contributed by atoms with Crippen molar-refractivity contribution in [1.29, 1.82) is 0 Å². The summed E-state index contributed by atoms with van der Waals surface area (Å²) in [6.45, 7) is 0.538. The van der Waals surface area contributed by atoms with E-state index in [0.29, 0.717) is 13.0 Å². The number of nitrogens with zero attached hydrogens (tertiary/aromatic N) is 3. The minimum absolute atomic E-state index is 0.00899. The van der Waals surface area contributed by atoms with Crippen LogP contribution in [0, 0.1) is 0 Å². The summed E-state index contributed by atoms with van der Waals surface area (Å²) in [6, 6.07) is 20.0. The van der Waals surface area contributed by atoms with Gasteiger partial charge < -0.3 is 10.2 Å². The molecule has 6 nitrogen and oxygen atoms in total. The highest BCUT2D eigenvalue weighted by molar-refractivity contribution is 5.94. The first kappa shape index (κ1) is 19.3. The highest BCUT2D eigenvalue weighted by Gasteiger charge is 2.39. The lowest BCUT2D eigenvalue weighted by molar-refractivity contribution is -0.128. The van der Waals surface area contributed by atoms with Gasteiger partial charge in [-0.1, -0.05) is 48.5 Å². The van der Waals surface area contributed by atoms with Crippen LogP contribution >= 0.6 is 0 Å². The number of benzene rings is 2. The molecule has 2 bridgehead atoms. The normalized spacial score (nSPS) is 20.6. The lowest BCUT2D eigenvalue weighted by atomic mass is 10.1. The number of aromatic nitrogens is 2. The molecular weight excluding hydrogens is 388 g/mol. The maximum Gasteiger partial charge on any atom is 0.247 e. The Bertz CT molecular complexity index is 1120. The van der Waals surface area contributed by atoms with Crippen LogP contribution in [0.15, 0.2) is 72.9 Å². The molecule has 0 unspecified atom stereocenters. The van der Waals surface area contributed by atoms with Crippen molar-refractivity contribution in [2.45, 2.75) is 31.3 Å². The minimum atomic E-state index is -0.0459. The lowest BCUT2D eigenvalue weighted by Crippen LogP contribution is -2.41. The fourth-order valence-corrected chi connectivity index (χ4v) is 4.53. The van der Waals surface area contributed by atoms with Gasteiger partial charge in [0.1, 0.15) is 0 Å². The van der Waals surface area contributed by atoms with Crippen molar-refractivity contribution in [1.82, 2.24) is 20.0 Å². The third kappa shape index (κ3) is 3.89. The van der Waals surface area contributed by atoms with Gasteiger partial charge in [-0.25, -0.2) is 4.68 Å². The molecule has 2 aliphatic rings. The molecule has 2 saturated heterocycles. The zero-order chi connectivity index (χ0) is 21.2. The van der Waals surface area contributed by atoms with Crippen LogP contribution in [0.2, 0.25) is 0 Å². The standard InChI is InChI=1S/C25H24N4O2/c30-23-15-21-12-13-22(16-26-23)29(21)24(31)14-11-19-17-28(20-9-5-2-6-10-20)27-25(19)18-7-3-1-4-8-18/h1-11,14,17,21-22H,12-13,15-16H2,(H,26,30)/b14-11+/t21-,22+/m1/s1. The summed E-state index contributed by atoms with van der Waals surface area (Å²) in [4.78, 5) is 26.9. The predicted molar refractivity (Wildman–Crippen MR) is 119 cm³/mol. The van der Waals surface area contributed by atoms with Crippen molar-refractivity contribution in [3.63, 3.8) is 0 Å². The fraction of sp³-hybridized carbons (Fsp3) is 0.240. The van der Waals surface area contributed by atoms with Gasteiger partial charge in [0.05, 0.1) is 11.4 Å². The summed E-state index contributed by atoms with van der Waals surface area (Å²) in [5.41, 5.74) is 3.65. The number of hydrogen-bond acceptors (Lipinski definition) is 3. The van der Waals surface area contributed by atoms with Crippen LogP contribution in [0.4, 0.5) is 0 Å². The van der Waals surface area contributed by atoms with E-state index in [0.717, 1.165) is 35.3 Å². The second-order valence-corrected chi connectivity index (χ2v) is 8.05. The van der Waals surface area contributed by atoms with Crippen LogP contribution < -0.4 is 5.32 Å². The van der Waals surface area contributed by atoms with Crippen molar-refractivity contribution in [3.05, 3.63) is 78.5 Å². The van der Waals surface area contributed by atoms with E-state index in [1.165, 1.54) is 0 Å². The smallest absolute Gasteiger partial charge is 0.247 e. The number of hydrogen-bond donors (Lipinski definition) is 1. The number of carbonyl (C=O) groups is 2. The summed E-state index contributed by atoms with van der Waals surface area (Å²) in [6.07, 6.45) is 7.63. The molecule has 3 heterocycles. The molecule has 31 heavy (non-hydrogen) atoms. The summed E-state index contributed by atoms with van der Waals surface area (Å²) in [7, 11) is 0. The van der Waals surface area contributed by atoms with Crippen molar-refractivity contribution >= 4 is 17.9 Å². The Labute approximate surface area is 181 Å². The third-order valence-electron chi connectivity index (χ3n) is 6.05. The van der Waals surface area contributed by atoms with E-state index in [9.17, 15) is 9.59 Å². The molecule has 6 heteroatoms. The number of carbonyl (C=O) groups excluding carboxylic acids is 2. The molecule has 0 saturated carbocycles. The van der Waals surface area contributed by atoms with Gasteiger partial charge in [-0.3, -0.25) is 9.59 Å². The summed E-state index contributed by atoms with van der Waals surface area (Å²) in [5, 5.41) is 7.71. The van der Waals surface area contributed by atoms with Gasteiger partial charge in [0.2, 0.25) is 11.8 Å². The van der Waals surface area contributed by atoms with Crippen LogP contribution in [0.1, 0.15) is 24.8 Å². The highest BCUT2D eigenvalue weighted by Crippen LogP contribution is 2.29. The van der Waals surface area contributed by atoms with E-state index in [2.05, 4.69) is 5.32 Å². The maximum atomic E-state index is 13.1. The zero-order valence-corrected chi connectivity index (χ0v) is 17.1. The predicted octanol–water partition coefficient (Wildman–Crippen LogP) is 3.43. The molecule has 3 aromatic rings. The first-order valence-corrected chi connectivity index (χ1v) is 10.7. The summed E-state index contributed by atoms with van der Waals surface area (Å²) >= 11 is 0. The molecule has 2 aromatic carbocycles. The quantitative estimate of drug-likeness (QED) is 0.668. The fourth-order valence-electron chi connectivity index (χ4n) is 4.53. The van der Waals surface area contributed by atoms with E-state index in [1.54, 1.807) is 6.08 Å². The second-order valence-electron chi connectivity index (χ2n) is 8.05. The van der Waals surface area contributed by atoms with Crippen LogP contribution in [-0.2, 0) is 9.59 Å². The number of fused-ring (bicyclic) bond motifs is 2. The lowest BCUT2D eigenvalue weighted by Gasteiger charge is -2.25. The Kier molecular flexibility index (Phi) is 5.12. The van der Waals surface area contributed by atoms with Gasteiger partial charge in [0.25, 0.3) is 0 Å². The highest BCUT2D eigenvalue weighted by atomic mass is 16.2. The van der Waals surface area contributed by atoms with Crippen molar-refractivity contribution in [2.24, 2.45) is 0 Å². The van der Waals surface area contributed by atoms with E-state index in [4.69, 9.17) is 5.10 Å². The SMILES string of the molecule is O=C1C[C@H]2CC[C@@H](CN1)N2C(=O)/C=C/c1cn(-c2ccccc2)nc1-c1ccccc1. The maximum absolute atomic E-state index is 13.1. The molecule has 1 aromatic heterocycles. The second kappa shape index (κ2) is 8.22. The Morgan fingerprint density at radius 1 is 1.00 bits per heavy atom. The monoisotopic (exact) mass is 412 g/mol. The largest absolute Gasteiger partial charge is 0.354 e. The molecule has 156 valence electrons. The topological polar surface area (TPSA) is 67.2 Å². The number of para-hydroxylation sites is 1.